The van der Waals surface area contributed by atoms with Gasteiger partial charge in [0.2, 0.25) is 10.0 Å². The largest absolute Gasteiger partial charge is 0.457 e. The quantitative estimate of drug-likeness (QED) is 0.829. The summed E-state index contributed by atoms with van der Waals surface area (Å²) in [5, 5.41) is 6.88. The zero-order valence-electron chi connectivity index (χ0n) is 12.2. The molecule has 0 aliphatic carbocycles. The molecule has 1 aromatic carbocycles. The van der Waals surface area contributed by atoms with Gasteiger partial charge in [0.1, 0.15) is 28.8 Å². The summed E-state index contributed by atoms with van der Waals surface area (Å²) < 4.78 is 55.5. The summed E-state index contributed by atoms with van der Waals surface area (Å²) in [7, 11) is -4.55. The number of benzene rings is 1. The fourth-order valence-electron chi connectivity index (χ4n) is 2.32. The highest BCUT2D eigenvalue weighted by atomic mass is 32.2. The standard InChI is InChI=1S/C14H10F2N2O4S2/c1-6-5-23-13(18-6)11-8(4-22-14(11)19)7-2-9(15)12(10(16)3-7)24(17,20)21/h2-3,5H,4H2,1H3,(H2,17,20,21). The lowest BCUT2D eigenvalue weighted by molar-refractivity contribution is -0.133. The van der Waals surface area contributed by atoms with Crippen molar-refractivity contribution >= 4 is 38.5 Å². The minimum Gasteiger partial charge on any atom is -0.457 e. The Morgan fingerprint density at radius 2 is 1.92 bits per heavy atom. The first kappa shape index (κ1) is 16.7. The van der Waals surface area contributed by atoms with E-state index in [2.05, 4.69) is 4.98 Å². The molecule has 0 spiro atoms. The molecule has 126 valence electrons. The molecular weight excluding hydrogens is 362 g/mol. The van der Waals surface area contributed by atoms with Gasteiger partial charge in [-0.1, -0.05) is 0 Å². The predicted octanol–water partition coefficient (Wildman–Crippen LogP) is 1.84. The molecule has 2 heterocycles. The van der Waals surface area contributed by atoms with Gasteiger partial charge in [-0.05, 0) is 24.6 Å². The van der Waals surface area contributed by atoms with Crippen LogP contribution in [-0.4, -0.2) is 26.0 Å². The summed E-state index contributed by atoms with van der Waals surface area (Å²) in [4.78, 5) is 14.9. The minimum atomic E-state index is -4.55. The van der Waals surface area contributed by atoms with E-state index in [0.717, 1.165) is 12.1 Å². The summed E-state index contributed by atoms with van der Waals surface area (Å²) in [6, 6.07) is 1.61. The van der Waals surface area contributed by atoms with Crippen molar-refractivity contribution in [2.24, 2.45) is 5.14 Å². The summed E-state index contributed by atoms with van der Waals surface area (Å²) >= 11 is 1.19. The maximum absolute atomic E-state index is 14.0. The van der Waals surface area contributed by atoms with Gasteiger partial charge >= 0.3 is 5.97 Å². The lowest BCUT2D eigenvalue weighted by atomic mass is 10.0. The maximum atomic E-state index is 14.0. The first-order chi connectivity index (χ1) is 11.2. The van der Waals surface area contributed by atoms with Crippen LogP contribution in [0.3, 0.4) is 0 Å². The average Bonchev–Trinajstić information content (AvgIpc) is 3.02. The Bertz CT molecular complexity index is 973. The van der Waals surface area contributed by atoms with E-state index in [1.165, 1.54) is 11.3 Å². The molecule has 0 atom stereocenters. The van der Waals surface area contributed by atoms with Crippen LogP contribution in [0.2, 0.25) is 0 Å². The smallest absolute Gasteiger partial charge is 0.341 e. The third kappa shape index (κ3) is 2.83. The van der Waals surface area contributed by atoms with Crippen molar-refractivity contribution in [3.05, 3.63) is 45.4 Å². The lowest BCUT2D eigenvalue weighted by Gasteiger charge is -2.07. The highest BCUT2D eigenvalue weighted by molar-refractivity contribution is 7.89. The van der Waals surface area contributed by atoms with Crippen molar-refractivity contribution in [3.8, 4) is 0 Å². The Morgan fingerprint density at radius 3 is 2.42 bits per heavy atom. The van der Waals surface area contributed by atoms with Gasteiger partial charge in [0.15, 0.2) is 4.90 Å². The van der Waals surface area contributed by atoms with Gasteiger partial charge in [0.25, 0.3) is 0 Å². The lowest BCUT2D eigenvalue weighted by Crippen LogP contribution is -2.16. The maximum Gasteiger partial charge on any atom is 0.341 e. The van der Waals surface area contributed by atoms with Gasteiger partial charge in [0, 0.05) is 16.6 Å². The molecule has 10 heteroatoms. The van der Waals surface area contributed by atoms with Crippen LogP contribution in [0.1, 0.15) is 16.3 Å². The number of halogens is 2. The molecular formula is C14H10F2N2O4S2. The number of nitrogens with two attached hydrogens (primary N) is 1. The second-order valence-corrected chi connectivity index (χ2v) is 7.39. The molecule has 1 aliphatic heterocycles. The SMILES string of the molecule is Cc1csc(C2=C(c3cc(F)c(S(N)(=O)=O)c(F)c3)COC2=O)n1. The zero-order chi connectivity index (χ0) is 17.6. The van der Waals surface area contributed by atoms with Crippen LogP contribution >= 0.6 is 11.3 Å². The minimum absolute atomic E-state index is 0.00824. The summed E-state index contributed by atoms with van der Waals surface area (Å²) in [5.74, 6) is -3.33. The molecule has 0 unspecified atom stereocenters. The number of hydrogen-bond donors (Lipinski definition) is 1. The Labute approximate surface area is 139 Å². The number of sulfonamides is 1. The zero-order valence-corrected chi connectivity index (χ0v) is 13.8. The van der Waals surface area contributed by atoms with E-state index in [9.17, 15) is 22.0 Å². The van der Waals surface area contributed by atoms with Crippen molar-refractivity contribution < 1.29 is 26.7 Å². The van der Waals surface area contributed by atoms with Crippen molar-refractivity contribution in [1.29, 1.82) is 0 Å². The number of ether oxygens (including phenoxy) is 1. The van der Waals surface area contributed by atoms with E-state index in [4.69, 9.17) is 9.88 Å². The van der Waals surface area contributed by atoms with Gasteiger partial charge in [-0.2, -0.15) is 0 Å². The van der Waals surface area contributed by atoms with Gasteiger partial charge < -0.3 is 4.74 Å². The topological polar surface area (TPSA) is 99.4 Å². The average molecular weight is 372 g/mol. The van der Waals surface area contributed by atoms with Crippen LogP contribution < -0.4 is 5.14 Å². The van der Waals surface area contributed by atoms with Crippen LogP contribution in [0.25, 0.3) is 11.1 Å². The number of nitrogens with zero attached hydrogens (tertiary/aromatic N) is 1. The van der Waals surface area contributed by atoms with Gasteiger partial charge in [0.05, 0.1) is 0 Å². The Balaban J connectivity index is 2.21. The van der Waals surface area contributed by atoms with Crippen molar-refractivity contribution in [3.63, 3.8) is 0 Å². The number of esters is 1. The van der Waals surface area contributed by atoms with E-state index in [1.807, 2.05) is 0 Å². The predicted molar refractivity (Wildman–Crippen MR) is 82.4 cm³/mol. The highest BCUT2D eigenvalue weighted by Crippen LogP contribution is 2.35. The number of primary sulfonamides is 1. The summed E-state index contributed by atoms with van der Waals surface area (Å²) in [6.07, 6.45) is 0. The summed E-state index contributed by atoms with van der Waals surface area (Å²) in [5.41, 5.74) is 1.01. The molecule has 0 saturated heterocycles. The number of aromatic nitrogens is 1. The third-order valence-electron chi connectivity index (χ3n) is 3.32. The third-order valence-corrected chi connectivity index (χ3v) is 5.25. The second-order valence-electron chi connectivity index (χ2n) is 5.04. The number of carbonyl (C=O) groups excluding carboxylic acids is 1. The molecule has 0 amide bonds. The van der Waals surface area contributed by atoms with E-state index < -0.39 is 32.5 Å². The molecule has 1 aliphatic rings. The first-order valence-electron chi connectivity index (χ1n) is 6.53. The normalized spacial score (nSPS) is 15.1. The van der Waals surface area contributed by atoms with Crippen LogP contribution in [-0.2, 0) is 19.6 Å². The fraction of sp³-hybridized carbons (Fsp3) is 0.143. The number of thiazole rings is 1. The number of aryl methyl sites for hydroxylation is 1. The monoisotopic (exact) mass is 372 g/mol. The Kier molecular flexibility index (Phi) is 3.98. The number of cyclic esters (lactones) is 1. The van der Waals surface area contributed by atoms with Crippen LogP contribution in [0.15, 0.2) is 22.4 Å². The molecule has 2 aromatic rings. The molecule has 0 radical (unpaired) electrons. The second kappa shape index (κ2) is 5.72. The fourth-order valence-corrected chi connectivity index (χ4v) is 3.84. The molecule has 0 saturated carbocycles. The molecule has 0 bridgehead atoms. The van der Waals surface area contributed by atoms with Crippen LogP contribution in [0, 0.1) is 18.6 Å². The Morgan fingerprint density at radius 1 is 1.29 bits per heavy atom. The number of hydrogen-bond acceptors (Lipinski definition) is 6. The van der Waals surface area contributed by atoms with Crippen molar-refractivity contribution in [1.82, 2.24) is 4.98 Å². The number of rotatable bonds is 3. The molecule has 6 nitrogen and oxygen atoms in total. The van der Waals surface area contributed by atoms with Crippen LogP contribution in [0.4, 0.5) is 8.78 Å². The summed E-state index contributed by atoms with van der Waals surface area (Å²) in [6.45, 7) is 1.54. The Hall–Kier alpha value is -2.17. The molecule has 24 heavy (non-hydrogen) atoms. The first-order valence-corrected chi connectivity index (χ1v) is 8.96. The van der Waals surface area contributed by atoms with E-state index in [1.54, 1.807) is 12.3 Å². The van der Waals surface area contributed by atoms with Gasteiger partial charge in [-0.3, -0.25) is 0 Å². The molecule has 3 rings (SSSR count). The van der Waals surface area contributed by atoms with Gasteiger partial charge in [-0.15, -0.1) is 11.3 Å². The van der Waals surface area contributed by atoms with Crippen molar-refractivity contribution in [2.45, 2.75) is 11.8 Å². The van der Waals surface area contributed by atoms with E-state index in [-0.39, 0.29) is 23.3 Å². The van der Waals surface area contributed by atoms with E-state index >= 15 is 0 Å². The van der Waals surface area contributed by atoms with E-state index in [0.29, 0.717) is 10.7 Å². The molecule has 2 N–H and O–H groups in total. The highest BCUT2D eigenvalue weighted by Gasteiger charge is 2.31. The van der Waals surface area contributed by atoms with Crippen LogP contribution in [0.5, 0.6) is 0 Å². The molecule has 1 aromatic heterocycles. The number of carbonyl (C=O) groups is 1. The van der Waals surface area contributed by atoms with Gasteiger partial charge in [-0.25, -0.2) is 32.1 Å². The molecule has 0 fully saturated rings. The van der Waals surface area contributed by atoms with Crippen molar-refractivity contribution in [2.75, 3.05) is 6.61 Å².